The second-order valence-corrected chi connectivity index (χ2v) is 1.79. The largest absolute Gasteiger partial charge is 0.481 e. The average Bonchev–Trinajstić information content (AvgIpc) is 1.82. The van der Waals surface area contributed by atoms with Crippen LogP contribution in [-0.4, -0.2) is 33.4 Å². The third kappa shape index (κ3) is 7.42. The molecule has 0 heterocycles. The molecule has 0 aromatic heterocycles. The number of hydrogen-bond donors (Lipinski definition) is 3. The fraction of sp³-hybridized carbons (Fsp3) is 0.600. The minimum Gasteiger partial charge on any atom is -0.481 e. The Morgan fingerprint density at radius 2 is 1.73 bits per heavy atom. The van der Waals surface area contributed by atoms with Crippen LogP contribution >= 0.6 is 0 Å². The predicted octanol–water partition coefficient (Wildman–Crippen LogP) is -0.706. The summed E-state index contributed by atoms with van der Waals surface area (Å²) in [6, 6.07) is 0. The van der Waals surface area contributed by atoms with E-state index in [1.165, 1.54) is 0 Å². The van der Waals surface area contributed by atoms with Crippen molar-refractivity contribution in [2.75, 3.05) is 0 Å². The monoisotopic (exact) mass is 212 g/mol. The van der Waals surface area contributed by atoms with E-state index in [1.807, 2.05) is 0 Å². The number of hydrogen-bond acceptors (Lipinski definition) is 3. The Bertz CT molecular complexity index is 146. The number of carbonyl (C=O) groups is 2. The van der Waals surface area contributed by atoms with Crippen molar-refractivity contribution in [2.45, 2.75) is 18.9 Å². The number of carboxylic acid groups (broad SMARTS) is 2. The molecule has 0 saturated heterocycles. The van der Waals surface area contributed by atoms with Gasteiger partial charge in [0.15, 0.2) is 6.10 Å². The van der Waals surface area contributed by atoms with Gasteiger partial charge >= 0.3 is 11.9 Å². The minimum atomic E-state index is -1.56. The summed E-state index contributed by atoms with van der Waals surface area (Å²) in [5.74, 6) is -2.50. The van der Waals surface area contributed by atoms with Crippen LogP contribution in [0.2, 0.25) is 0 Å². The zero-order valence-electron chi connectivity index (χ0n) is 5.86. The first kappa shape index (κ1) is 13.1. The summed E-state index contributed by atoms with van der Waals surface area (Å²) in [4.78, 5) is 19.7. The summed E-state index contributed by atoms with van der Waals surface area (Å²) in [6.07, 6.45) is -2.13. The van der Waals surface area contributed by atoms with E-state index in [9.17, 15) is 9.59 Å². The van der Waals surface area contributed by atoms with Gasteiger partial charge in [-0.25, -0.2) is 4.79 Å². The van der Waals surface area contributed by atoms with E-state index in [0.717, 1.165) is 0 Å². The smallest absolute Gasteiger partial charge is 0.332 e. The molecule has 0 aliphatic carbocycles. The van der Waals surface area contributed by atoms with Crippen molar-refractivity contribution in [3.8, 4) is 0 Å². The van der Waals surface area contributed by atoms with E-state index >= 15 is 0 Å². The fourth-order valence-corrected chi connectivity index (χ4v) is 0.384. The van der Waals surface area contributed by atoms with Gasteiger partial charge < -0.3 is 15.3 Å². The molecule has 3 N–H and O–H groups in total. The molecular weight excluding hydrogens is 205 g/mol. The van der Waals surface area contributed by atoms with Crippen LogP contribution in [-0.2, 0) is 29.1 Å². The molecule has 0 fully saturated rings. The molecule has 0 amide bonds. The van der Waals surface area contributed by atoms with Gasteiger partial charge in [-0.2, -0.15) is 0 Å². The maximum Gasteiger partial charge on any atom is 0.332 e. The van der Waals surface area contributed by atoms with Gasteiger partial charge in [-0.05, 0) is 6.42 Å². The Kier molecular flexibility index (Phi) is 7.46. The topological polar surface area (TPSA) is 94.8 Å². The molecule has 0 aliphatic rings. The van der Waals surface area contributed by atoms with E-state index in [1.54, 1.807) is 0 Å². The molecule has 60 valence electrons. The Labute approximate surface area is 75.8 Å². The van der Waals surface area contributed by atoms with E-state index in [0.29, 0.717) is 0 Å². The molecule has 0 saturated carbocycles. The van der Waals surface area contributed by atoms with Gasteiger partial charge in [0, 0.05) is 25.9 Å². The van der Waals surface area contributed by atoms with Crippen molar-refractivity contribution in [3.05, 3.63) is 0 Å². The molecule has 0 aromatic rings. The third-order valence-electron chi connectivity index (χ3n) is 0.917. The van der Waals surface area contributed by atoms with Crippen molar-refractivity contribution < 1.29 is 44.4 Å². The van der Waals surface area contributed by atoms with Gasteiger partial charge in [0.25, 0.3) is 0 Å². The molecule has 0 bridgehead atoms. The molecule has 1 atom stereocenters. The molecule has 0 radical (unpaired) electrons. The fourth-order valence-electron chi connectivity index (χ4n) is 0.384. The van der Waals surface area contributed by atoms with Crippen molar-refractivity contribution in [3.63, 3.8) is 0 Å². The summed E-state index contributed by atoms with van der Waals surface area (Å²) in [5.41, 5.74) is 0. The minimum absolute atomic E-state index is 0. The van der Waals surface area contributed by atoms with Crippen molar-refractivity contribution >= 4 is 11.9 Å². The zero-order chi connectivity index (χ0) is 8.15. The molecule has 0 rings (SSSR count). The Hall–Kier alpha value is -0.477. The van der Waals surface area contributed by atoms with Gasteiger partial charge in [0.2, 0.25) is 0 Å². The van der Waals surface area contributed by atoms with Crippen LogP contribution in [0.25, 0.3) is 0 Å². The van der Waals surface area contributed by atoms with Crippen molar-refractivity contribution in [1.29, 1.82) is 0 Å². The van der Waals surface area contributed by atoms with Crippen LogP contribution in [0.5, 0.6) is 0 Å². The summed E-state index contributed by atoms with van der Waals surface area (Å²) < 4.78 is 0. The quantitative estimate of drug-likeness (QED) is 0.537. The van der Waals surface area contributed by atoms with Gasteiger partial charge in [0.1, 0.15) is 0 Å². The first-order chi connectivity index (χ1) is 4.54. The van der Waals surface area contributed by atoms with Crippen molar-refractivity contribution in [2.24, 2.45) is 0 Å². The summed E-state index contributed by atoms with van der Waals surface area (Å²) in [5, 5.41) is 24.6. The second-order valence-electron chi connectivity index (χ2n) is 1.79. The van der Waals surface area contributed by atoms with Crippen LogP contribution in [0.4, 0.5) is 0 Å². The molecule has 5 nitrogen and oxygen atoms in total. The van der Waals surface area contributed by atoms with E-state index < -0.39 is 18.0 Å². The Morgan fingerprint density at radius 3 is 2.00 bits per heavy atom. The van der Waals surface area contributed by atoms with Crippen LogP contribution in [0, 0.1) is 0 Å². The van der Waals surface area contributed by atoms with Gasteiger partial charge in [-0.1, -0.05) is 0 Å². The predicted molar refractivity (Wildman–Crippen MR) is 30.5 cm³/mol. The average molecular weight is 214 g/mol. The maximum absolute atomic E-state index is 9.87. The van der Waals surface area contributed by atoms with Crippen LogP contribution in [0.1, 0.15) is 12.8 Å². The first-order valence-corrected chi connectivity index (χ1v) is 2.66. The van der Waals surface area contributed by atoms with Crippen molar-refractivity contribution in [1.82, 2.24) is 0 Å². The molecule has 11 heavy (non-hydrogen) atoms. The van der Waals surface area contributed by atoms with E-state index in [2.05, 4.69) is 0 Å². The number of rotatable bonds is 4. The number of carboxylic acids is 2. The van der Waals surface area contributed by atoms with Gasteiger partial charge in [-0.3, -0.25) is 4.79 Å². The number of aliphatic hydroxyl groups is 1. The SMILES string of the molecule is O=C(O)CC[C@H](O)C(=O)O.[Zn]. The van der Waals surface area contributed by atoms with Crippen LogP contribution in [0.3, 0.4) is 0 Å². The maximum atomic E-state index is 9.87. The molecule has 0 unspecified atom stereocenters. The van der Waals surface area contributed by atoms with Crippen LogP contribution < -0.4 is 0 Å². The van der Waals surface area contributed by atoms with Gasteiger partial charge in [0.05, 0.1) is 0 Å². The third-order valence-corrected chi connectivity index (χ3v) is 0.917. The summed E-state index contributed by atoms with van der Waals surface area (Å²) in [6.45, 7) is 0. The Balaban J connectivity index is 0. The second kappa shape index (κ2) is 6.25. The molecular formula is C5H8O5Zn. The number of aliphatic carboxylic acids is 2. The zero-order valence-corrected chi connectivity index (χ0v) is 8.82. The van der Waals surface area contributed by atoms with E-state index in [-0.39, 0.29) is 32.3 Å². The summed E-state index contributed by atoms with van der Waals surface area (Å²) >= 11 is 0. The van der Waals surface area contributed by atoms with Gasteiger partial charge in [-0.15, -0.1) is 0 Å². The normalized spacial score (nSPS) is 11.4. The molecule has 6 heteroatoms. The first-order valence-electron chi connectivity index (χ1n) is 2.66. The Morgan fingerprint density at radius 1 is 1.27 bits per heavy atom. The number of aliphatic hydroxyl groups excluding tert-OH is 1. The van der Waals surface area contributed by atoms with Crippen LogP contribution in [0.15, 0.2) is 0 Å². The molecule has 0 aliphatic heterocycles. The summed E-state index contributed by atoms with van der Waals surface area (Å²) in [7, 11) is 0. The molecule has 0 aromatic carbocycles. The standard InChI is InChI=1S/C5H8O5.Zn/c6-3(5(9)10)1-2-4(7)8;/h3,6H,1-2H2,(H,7,8)(H,9,10);/t3-;/m0./s1. The van der Waals surface area contributed by atoms with E-state index in [4.69, 9.17) is 15.3 Å². The molecule has 0 spiro atoms.